The number of hydrogen-bond acceptors (Lipinski definition) is 7. The molecule has 9 nitrogen and oxygen atoms in total. The molecule has 3 N–H and O–H groups in total. The summed E-state index contributed by atoms with van der Waals surface area (Å²) in [6, 6.07) is 0. The van der Waals surface area contributed by atoms with Crippen molar-refractivity contribution in [1.82, 2.24) is 5.32 Å². The number of carbonyl (C=O) groups excluding carboxylic acids is 2. The fraction of sp³-hybridized carbons (Fsp3) is 0.640. The molecule has 0 bridgehead atoms. The average molecular weight is 858 g/mol. The SMILES string of the molecule is CC/C=C\C/C=C\C/C=C\C/C=C\C/C=C\C/C=C\CCCCC(=O)OCC(O)COP(=O)(O)OCCNC(=O)CCCCCCCCC/C=C\C/C=C\CCCCCC. The Labute approximate surface area is 365 Å². The molecule has 0 aliphatic heterocycles. The van der Waals surface area contributed by atoms with E-state index in [-0.39, 0.29) is 32.1 Å². The Balaban J connectivity index is 3.70. The molecule has 0 aliphatic rings. The van der Waals surface area contributed by atoms with E-state index in [1.54, 1.807) is 0 Å². The highest BCUT2D eigenvalue weighted by molar-refractivity contribution is 7.47. The highest BCUT2D eigenvalue weighted by Crippen LogP contribution is 2.42. The first-order valence-electron chi connectivity index (χ1n) is 23.2. The van der Waals surface area contributed by atoms with Crippen molar-refractivity contribution in [3.05, 3.63) is 97.2 Å². The van der Waals surface area contributed by atoms with Crippen LogP contribution in [-0.4, -0.2) is 54.3 Å². The molecule has 0 saturated heterocycles. The summed E-state index contributed by atoms with van der Waals surface area (Å²) >= 11 is 0. The van der Waals surface area contributed by atoms with Gasteiger partial charge in [-0.2, -0.15) is 0 Å². The summed E-state index contributed by atoms with van der Waals surface area (Å²) in [4.78, 5) is 34.0. The zero-order valence-electron chi connectivity index (χ0n) is 37.6. The molecule has 2 atom stereocenters. The van der Waals surface area contributed by atoms with Crippen molar-refractivity contribution in [2.24, 2.45) is 0 Å². The average Bonchev–Trinajstić information content (AvgIpc) is 3.23. The van der Waals surface area contributed by atoms with Crippen LogP contribution in [0.2, 0.25) is 0 Å². The maximum Gasteiger partial charge on any atom is 0.472 e. The minimum Gasteiger partial charge on any atom is -0.463 e. The van der Waals surface area contributed by atoms with Crippen molar-refractivity contribution in [2.75, 3.05) is 26.4 Å². The van der Waals surface area contributed by atoms with E-state index < -0.39 is 26.5 Å². The van der Waals surface area contributed by atoms with Crippen LogP contribution in [0, 0.1) is 0 Å². The van der Waals surface area contributed by atoms with Crippen LogP contribution >= 0.6 is 7.82 Å². The molecule has 0 spiro atoms. The number of carbonyl (C=O) groups is 2. The molecular formula is C50H84NO8P. The lowest BCUT2D eigenvalue weighted by atomic mass is 10.1. The predicted molar refractivity (Wildman–Crippen MR) is 252 cm³/mol. The molecular weight excluding hydrogens is 774 g/mol. The van der Waals surface area contributed by atoms with Crippen LogP contribution in [0.5, 0.6) is 0 Å². The van der Waals surface area contributed by atoms with Crippen LogP contribution in [-0.2, 0) is 27.9 Å². The number of esters is 1. The Bertz CT molecular complexity index is 1300. The summed E-state index contributed by atoms with van der Waals surface area (Å²) in [6.07, 6.45) is 59.1. The summed E-state index contributed by atoms with van der Waals surface area (Å²) in [5.74, 6) is -0.575. The van der Waals surface area contributed by atoms with Gasteiger partial charge in [0.1, 0.15) is 12.7 Å². The van der Waals surface area contributed by atoms with Crippen molar-refractivity contribution >= 4 is 19.7 Å². The van der Waals surface area contributed by atoms with E-state index in [0.717, 1.165) is 83.5 Å². The Morgan fingerprint density at radius 2 is 0.950 bits per heavy atom. The first kappa shape index (κ1) is 56.9. The van der Waals surface area contributed by atoms with Crippen LogP contribution in [0.15, 0.2) is 97.2 Å². The fourth-order valence-corrected chi connectivity index (χ4v) is 6.52. The number of hydrogen-bond donors (Lipinski definition) is 3. The molecule has 1 amide bonds. The Morgan fingerprint density at radius 3 is 1.45 bits per heavy atom. The number of aliphatic hydroxyl groups excluding tert-OH is 1. The van der Waals surface area contributed by atoms with Gasteiger partial charge in [0.2, 0.25) is 5.91 Å². The Hall–Kier alpha value is -3.07. The van der Waals surface area contributed by atoms with Gasteiger partial charge in [-0.05, 0) is 96.3 Å². The van der Waals surface area contributed by atoms with Gasteiger partial charge in [0.25, 0.3) is 0 Å². The molecule has 0 fully saturated rings. The third kappa shape index (κ3) is 46.0. The quantitative estimate of drug-likeness (QED) is 0.0239. The normalized spacial score (nSPS) is 14.1. The van der Waals surface area contributed by atoms with Crippen molar-refractivity contribution in [1.29, 1.82) is 0 Å². The molecule has 0 aromatic heterocycles. The van der Waals surface area contributed by atoms with Crippen molar-refractivity contribution < 1.29 is 37.9 Å². The van der Waals surface area contributed by atoms with Gasteiger partial charge in [0.15, 0.2) is 0 Å². The highest BCUT2D eigenvalue weighted by atomic mass is 31.2. The second-order valence-corrected chi connectivity index (χ2v) is 16.4. The Morgan fingerprint density at radius 1 is 0.533 bits per heavy atom. The molecule has 0 rings (SSSR count). The predicted octanol–water partition coefficient (Wildman–Crippen LogP) is 13.4. The molecule has 0 radical (unpaired) electrons. The summed E-state index contributed by atoms with van der Waals surface area (Å²) in [5.41, 5.74) is 0. The van der Waals surface area contributed by atoms with Crippen LogP contribution in [0.4, 0.5) is 0 Å². The van der Waals surface area contributed by atoms with Gasteiger partial charge >= 0.3 is 13.8 Å². The van der Waals surface area contributed by atoms with Gasteiger partial charge < -0.3 is 20.1 Å². The van der Waals surface area contributed by atoms with Crippen LogP contribution in [0.3, 0.4) is 0 Å². The number of unbranched alkanes of at least 4 members (excludes halogenated alkanes) is 13. The van der Waals surface area contributed by atoms with Gasteiger partial charge in [0, 0.05) is 19.4 Å². The van der Waals surface area contributed by atoms with E-state index in [1.807, 2.05) is 0 Å². The first-order valence-corrected chi connectivity index (χ1v) is 24.7. The Kier molecular flexibility index (Phi) is 43.1. The van der Waals surface area contributed by atoms with Gasteiger partial charge in [-0.15, -0.1) is 0 Å². The minimum absolute atomic E-state index is 0.0663. The summed E-state index contributed by atoms with van der Waals surface area (Å²) in [5, 5.41) is 12.7. The number of aliphatic hydroxyl groups is 1. The lowest BCUT2D eigenvalue weighted by molar-refractivity contribution is -0.147. The van der Waals surface area contributed by atoms with E-state index in [1.165, 1.54) is 57.8 Å². The number of phosphoric acid groups is 1. The monoisotopic (exact) mass is 858 g/mol. The zero-order valence-corrected chi connectivity index (χ0v) is 38.5. The molecule has 0 aliphatic carbocycles. The first-order chi connectivity index (χ1) is 29.3. The van der Waals surface area contributed by atoms with Gasteiger partial charge in [-0.25, -0.2) is 4.57 Å². The van der Waals surface area contributed by atoms with Gasteiger partial charge in [0.05, 0.1) is 13.2 Å². The second kappa shape index (κ2) is 45.5. The van der Waals surface area contributed by atoms with Crippen LogP contribution < -0.4 is 5.32 Å². The van der Waals surface area contributed by atoms with Crippen LogP contribution in [0.25, 0.3) is 0 Å². The number of rotatable bonds is 42. The van der Waals surface area contributed by atoms with E-state index >= 15 is 0 Å². The fourth-order valence-electron chi connectivity index (χ4n) is 5.77. The molecule has 0 saturated carbocycles. The van der Waals surface area contributed by atoms with E-state index in [0.29, 0.717) is 12.8 Å². The third-order valence-corrected chi connectivity index (χ3v) is 10.2. The number of nitrogens with one attached hydrogen (secondary N) is 1. The molecule has 2 unspecified atom stereocenters. The number of ether oxygens (including phenoxy) is 1. The topological polar surface area (TPSA) is 131 Å². The smallest absolute Gasteiger partial charge is 0.463 e. The molecule has 0 aromatic rings. The van der Waals surface area contributed by atoms with E-state index in [9.17, 15) is 24.2 Å². The molecule has 60 heavy (non-hydrogen) atoms. The van der Waals surface area contributed by atoms with E-state index in [4.69, 9.17) is 13.8 Å². The van der Waals surface area contributed by atoms with Gasteiger partial charge in [-0.1, -0.05) is 162 Å². The summed E-state index contributed by atoms with van der Waals surface area (Å²) in [6.45, 7) is 3.35. The molecule has 342 valence electrons. The van der Waals surface area contributed by atoms with Gasteiger partial charge in [-0.3, -0.25) is 18.6 Å². The summed E-state index contributed by atoms with van der Waals surface area (Å²) in [7, 11) is -4.44. The second-order valence-electron chi connectivity index (χ2n) is 15.0. The lowest BCUT2D eigenvalue weighted by Crippen LogP contribution is -2.27. The van der Waals surface area contributed by atoms with Crippen molar-refractivity contribution in [2.45, 2.75) is 180 Å². The number of amides is 1. The van der Waals surface area contributed by atoms with E-state index in [2.05, 4.69) is 116 Å². The number of phosphoric ester groups is 1. The van der Waals surface area contributed by atoms with Crippen molar-refractivity contribution in [3.63, 3.8) is 0 Å². The molecule has 0 heterocycles. The lowest BCUT2D eigenvalue weighted by Gasteiger charge is -2.15. The number of allylic oxidation sites excluding steroid dienone is 16. The largest absolute Gasteiger partial charge is 0.472 e. The third-order valence-electron chi connectivity index (χ3n) is 9.25. The van der Waals surface area contributed by atoms with Crippen LogP contribution in [0.1, 0.15) is 174 Å². The zero-order chi connectivity index (χ0) is 43.9. The van der Waals surface area contributed by atoms with Crippen molar-refractivity contribution in [3.8, 4) is 0 Å². The summed E-state index contributed by atoms with van der Waals surface area (Å²) < 4.78 is 26.9. The standard InChI is InChI=1S/C50H84NO8P/c1-3-5-7-9-11-13-15-17-19-21-23-24-25-27-29-31-33-35-37-39-41-43-50(54)57-46-48(52)47-59-60(55,56)58-45-44-51-49(53)42-40-38-36-34-32-30-28-26-22-20-18-16-14-12-10-8-6-4-2/h5,7,11,13-14,16-17,19-20,22-24,27,29,33,35,48,52H,3-4,6,8-10,12,15,18,21,25-26,28,30-32,34,36-47H2,1-2H3,(H,51,53)(H,55,56)/b7-5-,13-11-,16-14-,19-17-,22-20-,24-23-,29-27-,35-33-. The maximum atomic E-state index is 12.1. The molecule has 0 aromatic carbocycles. The maximum absolute atomic E-state index is 12.1. The highest BCUT2D eigenvalue weighted by Gasteiger charge is 2.23. The molecule has 10 heteroatoms. The minimum atomic E-state index is -4.44.